The third-order valence-corrected chi connectivity index (χ3v) is 9.00. The summed E-state index contributed by atoms with van der Waals surface area (Å²) in [6.45, 7) is 7.14. The molecule has 30 heavy (non-hydrogen) atoms. The molecule has 6 fully saturated rings. The molecule has 0 bridgehead atoms. The molecule has 11 atom stereocenters. The van der Waals surface area contributed by atoms with Crippen LogP contribution in [0.15, 0.2) is 0 Å². The number of ether oxygens (including phenoxy) is 4. The van der Waals surface area contributed by atoms with Crippen LogP contribution >= 0.6 is 0 Å². The highest BCUT2D eigenvalue weighted by molar-refractivity contribution is 5.94. The standard InChI is InChI=1S/C20H24O10/c1-6-12(23)28-11-9(21)18-8-5-7(16(2,3)4)17(18)10(22)13(24)29-15(17)30-20(18,14(25)27-8)19(6,11)26/h6-11,15,21-22,26H,5H2,1-4H3/t6?,7?,8?,9?,10?,11-,15?,17+,18+,19-,20-/m1/s1. The summed E-state index contributed by atoms with van der Waals surface area (Å²) in [5.74, 6) is -4.32. The molecule has 0 aromatic rings. The number of carbonyl (C=O) groups is 3. The molecule has 0 amide bonds. The van der Waals surface area contributed by atoms with Crippen molar-refractivity contribution >= 4 is 17.9 Å². The van der Waals surface area contributed by atoms with Crippen molar-refractivity contribution in [2.24, 2.45) is 28.1 Å². The van der Waals surface area contributed by atoms with E-state index in [0.29, 0.717) is 0 Å². The summed E-state index contributed by atoms with van der Waals surface area (Å²) >= 11 is 0. The first-order chi connectivity index (χ1) is 13.8. The van der Waals surface area contributed by atoms with Crippen molar-refractivity contribution in [3.63, 3.8) is 0 Å². The number of hydrogen-bond donors (Lipinski definition) is 3. The van der Waals surface area contributed by atoms with Gasteiger partial charge in [0.15, 0.2) is 17.8 Å². The van der Waals surface area contributed by atoms with Gasteiger partial charge in [0.1, 0.15) is 12.2 Å². The van der Waals surface area contributed by atoms with Gasteiger partial charge in [-0.05, 0) is 24.7 Å². The van der Waals surface area contributed by atoms with Crippen LogP contribution in [0.25, 0.3) is 0 Å². The minimum Gasteiger partial charge on any atom is -0.459 e. The molecule has 4 saturated heterocycles. The fraction of sp³-hybridized carbons (Fsp3) is 0.850. The Labute approximate surface area is 171 Å². The number of hydrogen-bond acceptors (Lipinski definition) is 10. The van der Waals surface area contributed by atoms with Crippen molar-refractivity contribution in [2.75, 3.05) is 0 Å². The number of esters is 3. The van der Waals surface area contributed by atoms with Crippen LogP contribution in [0.2, 0.25) is 0 Å². The monoisotopic (exact) mass is 424 g/mol. The van der Waals surface area contributed by atoms with E-state index in [1.54, 1.807) is 0 Å². The number of carbonyl (C=O) groups excluding carboxylic acids is 3. The minimum absolute atomic E-state index is 0.229. The fourth-order valence-electron chi connectivity index (χ4n) is 8.12. The molecule has 10 nitrogen and oxygen atoms in total. The van der Waals surface area contributed by atoms with Crippen LogP contribution < -0.4 is 0 Å². The van der Waals surface area contributed by atoms with E-state index < -0.39 is 87.9 Å². The first kappa shape index (κ1) is 19.0. The molecule has 0 aromatic carbocycles. The Morgan fingerprint density at radius 2 is 1.70 bits per heavy atom. The van der Waals surface area contributed by atoms with Gasteiger partial charge in [-0.2, -0.15) is 0 Å². The summed E-state index contributed by atoms with van der Waals surface area (Å²) in [6, 6.07) is 0. The van der Waals surface area contributed by atoms with Crippen molar-refractivity contribution in [3.05, 3.63) is 0 Å². The third kappa shape index (κ3) is 1.33. The molecule has 2 saturated carbocycles. The third-order valence-electron chi connectivity index (χ3n) is 9.00. The summed E-state index contributed by atoms with van der Waals surface area (Å²) in [4.78, 5) is 38.2. The largest absolute Gasteiger partial charge is 0.459 e. The second-order valence-electron chi connectivity index (χ2n) is 10.7. The summed E-state index contributed by atoms with van der Waals surface area (Å²) in [5, 5.41) is 34.7. The molecule has 0 radical (unpaired) electrons. The van der Waals surface area contributed by atoms with Crippen LogP contribution in [0, 0.1) is 28.1 Å². The van der Waals surface area contributed by atoms with Gasteiger partial charge in [-0.3, -0.25) is 4.79 Å². The quantitative estimate of drug-likeness (QED) is 0.314. The van der Waals surface area contributed by atoms with Gasteiger partial charge in [0.05, 0.1) is 16.7 Å². The van der Waals surface area contributed by atoms with Gasteiger partial charge in [0, 0.05) is 0 Å². The van der Waals surface area contributed by atoms with Crippen molar-refractivity contribution < 1.29 is 48.7 Å². The van der Waals surface area contributed by atoms with Crippen LogP contribution in [-0.2, 0) is 33.3 Å². The van der Waals surface area contributed by atoms with Gasteiger partial charge in [-0.1, -0.05) is 20.8 Å². The van der Waals surface area contributed by atoms with E-state index in [2.05, 4.69) is 0 Å². The predicted octanol–water partition coefficient (Wildman–Crippen LogP) is -1.37. The Balaban J connectivity index is 1.72. The zero-order valence-electron chi connectivity index (χ0n) is 16.9. The molecule has 2 spiro atoms. The average Bonchev–Trinajstić information content (AvgIpc) is 3.35. The van der Waals surface area contributed by atoms with E-state index >= 15 is 0 Å². The maximum atomic E-state index is 13.4. The SMILES string of the molecule is CC1C(=O)O[C@@H]2C(O)[C@@]34C5CC(C(C)(C)C)[C@]36C(OC(=O)C6O)O[C@@]4(C(=O)O5)[C@@]12O. The lowest BCUT2D eigenvalue weighted by atomic mass is 9.51. The zero-order chi connectivity index (χ0) is 21.8. The second kappa shape index (κ2) is 4.69. The van der Waals surface area contributed by atoms with Crippen molar-refractivity contribution in [1.29, 1.82) is 0 Å². The van der Waals surface area contributed by atoms with Crippen LogP contribution in [0.4, 0.5) is 0 Å². The summed E-state index contributed by atoms with van der Waals surface area (Å²) in [6.07, 6.45) is -6.91. The average molecular weight is 424 g/mol. The highest BCUT2D eigenvalue weighted by Gasteiger charge is 3.03. The van der Waals surface area contributed by atoms with Gasteiger partial charge in [-0.25, -0.2) is 9.59 Å². The van der Waals surface area contributed by atoms with Gasteiger partial charge >= 0.3 is 17.9 Å². The van der Waals surface area contributed by atoms with E-state index in [9.17, 15) is 29.7 Å². The number of aliphatic hydroxyl groups excluding tert-OH is 2. The molecule has 2 aliphatic carbocycles. The maximum absolute atomic E-state index is 13.4. The highest BCUT2D eigenvalue weighted by atomic mass is 16.8. The molecule has 6 aliphatic rings. The summed E-state index contributed by atoms with van der Waals surface area (Å²) in [7, 11) is 0. The van der Waals surface area contributed by atoms with Gasteiger partial charge in [0.2, 0.25) is 11.9 Å². The summed E-state index contributed by atoms with van der Waals surface area (Å²) < 4.78 is 22.5. The topological polar surface area (TPSA) is 149 Å². The second-order valence-corrected chi connectivity index (χ2v) is 10.7. The van der Waals surface area contributed by atoms with Gasteiger partial charge < -0.3 is 34.3 Å². The predicted molar refractivity (Wildman–Crippen MR) is 92.0 cm³/mol. The highest BCUT2D eigenvalue weighted by Crippen LogP contribution is 2.84. The van der Waals surface area contributed by atoms with Gasteiger partial charge in [0.25, 0.3) is 0 Å². The Morgan fingerprint density at radius 1 is 1.03 bits per heavy atom. The van der Waals surface area contributed by atoms with E-state index in [1.165, 1.54) is 6.92 Å². The molecule has 4 heterocycles. The molecule has 164 valence electrons. The van der Waals surface area contributed by atoms with Crippen LogP contribution in [0.1, 0.15) is 34.1 Å². The Bertz CT molecular complexity index is 925. The smallest absolute Gasteiger partial charge is 0.343 e. The van der Waals surface area contributed by atoms with Crippen molar-refractivity contribution in [3.8, 4) is 0 Å². The fourth-order valence-corrected chi connectivity index (χ4v) is 8.12. The first-order valence-electron chi connectivity index (χ1n) is 10.2. The number of aliphatic hydroxyl groups is 3. The first-order valence-corrected chi connectivity index (χ1v) is 10.2. The van der Waals surface area contributed by atoms with E-state index in [0.717, 1.165) is 0 Å². The Morgan fingerprint density at radius 3 is 2.33 bits per heavy atom. The lowest BCUT2D eigenvalue weighted by molar-refractivity contribution is -0.239. The van der Waals surface area contributed by atoms with E-state index in [-0.39, 0.29) is 6.42 Å². The van der Waals surface area contributed by atoms with Crippen LogP contribution in [-0.4, -0.2) is 75.1 Å². The Kier molecular flexibility index (Phi) is 2.97. The number of fused-ring (bicyclic) bond motifs is 1. The van der Waals surface area contributed by atoms with Gasteiger partial charge in [-0.15, -0.1) is 0 Å². The van der Waals surface area contributed by atoms with Crippen molar-refractivity contribution in [1.82, 2.24) is 0 Å². The lowest BCUT2D eigenvalue weighted by Crippen LogP contribution is -2.67. The summed E-state index contributed by atoms with van der Waals surface area (Å²) in [5.41, 5.74) is -8.26. The maximum Gasteiger partial charge on any atom is 0.343 e. The molecule has 0 aromatic heterocycles. The molecular weight excluding hydrogens is 400 g/mol. The molecule has 6 rings (SSSR count). The van der Waals surface area contributed by atoms with Crippen LogP contribution in [0.3, 0.4) is 0 Å². The Hall–Kier alpha value is -1.75. The molecule has 10 heteroatoms. The van der Waals surface area contributed by atoms with Crippen LogP contribution in [0.5, 0.6) is 0 Å². The normalized spacial score (nSPS) is 60.1. The molecule has 4 aliphatic heterocycles. The molecule has 3 N–H and O–H groups in total. The van der Waals surface area contributed by atoms with E-state index in [1.807, 2.05) is 20.8 Å². The van der Waals surface area contributed by atoms with E-state index in [4.69, 9.17) is 18.9 Å². The lowest BCUT2D eigenvalue weighted by Gasteiger charge is -2.47. The molecular formula is C20H24O10. The minimum atomic E-state index is -2.24. The number of rotatable bonds is 0. The molecule has 6 unspecified atom stereocenters. The zero-order valence-corrected chi connectivity index (χ0v) is 16.9. The van der Waals surface area contributed by atoms with Crippen molar-refractivity contribution in [2.45, 2.75) is 76.0 Å².